The lowest BCUT2D eigenvalue weighted by Crippen LogP contribution is -2.40. The van der Waals surface area contributed by atoms with Gasteiger partial charge in [0.05, 0.1) is 24.2 Å². The number of hydrogen-bond acceptors (Lipinski definition) is 5. The number of methoxy groups -OCH3 is 1. The van der Waals surface area contributed by atoms with Crippen molar-refractivity contribution in [1.29, 1.82) is 0 Å². The summed E-state index contributed by atoms with van der Waals surface area (Å²) in [5, 5.41) is 0. The van der Waals surface area contributed by atoms with Crippen LogP contribution in [0.5, 0.6) is 0 Å². The first kappa shape index (κ1) is 18.4. The summed E-state index contributed by atoms with van der Waals surface area (Å²) in [6, 6.07) is 8.45. The molecule has 2 rings (SSSR count). The van der Waals surface area contributed by atoms with E-state index >= 15 is 0 Å². The van der Waals surface area contributed by atoms with Crippen molar-refractivity contribution in [2.24, 2.45) is 5.92 Å². The van der Waals surface area contributed by atoms with Crippen molar-refractivity contribution in [2.45, 2.75) is 30.6 Å². The topological polar surface area (TPSA) is 80.8 Å². The number of piperidine rings is 1. The van der Waals surface area contributed by atoms with Crippen molar-refractivity contribution in [3.63, 3.8) is 0 Å². The number of sulfone groups is 1. The third kappa shape index (κ3) is 5.06. The number of amides is 1. The van der Waals surface area contributed by atoms with E-state index in [1.54, 1.807) is 35.2 Å². The number of carbonyl (C=O) groups excluding carboxylic acids is 2. The van der Waals surface area contributed by atoms with E-state index in [4.69, 9.17) is 0 Å². The van der Waals surface area contributed by atoms with E-state index in [-0.39, 0.29) is 30.4 Å². The van der Waals surface area contributed by atoms with E-state index in [1.165, 1.54) is 7.11 Å². The van der Waals surface area contributed by atoms with Gasteiger partial charge in [0.1, 0.15) is 0 Å². The van der Waals surface area contributed by atoms with Crippen LogP contribution < -0.4 is 0 Å². The predicted octanol–water partition coefficient (Wildman–Crippen LogP) is 1.65. The molecule has 1 aromatic carbocycles. The number of nitrogens with zero attached hydrogens (tertiary/aromatic N) is 1. The van der Waals surface area contributed by atoms with Gasteiger partial charge in [-0.2, -0.15) is 0 Å². The lowest BCUT2D eigenvalue weighted by Gasteiger charge is -2.32. The molecule has 1 aliphatic heterocycles. The molecule has 132 valence electrons. The van der Waals surface area contributed by atoms with Crippen LogP contribution in [0.1, 0.15) is 25.7 Å². The van der Waals surface area contributed by atoms with Crippen molar-refractivity contribution < 1.29 is 22.7 Å². The zero-order chi connectivity index (χ0) is 17.6. The highest BCUT2D eigenvalue weighted by molar-refractivity contribution is 7.91. The predicted molar refractivity (Wildman–Crippen MR) is 89.0 cm³/mol. The summed E-state index contributed by atoms with van der Waals surface area (Å²) in [4.78, 5) is 25.2. The van der Waals surface area contributed by atoms with Gasteiger partial charge in [0.2, 0.25) is 5.91 Å². The summed E-state index contributed by atoms with van der Waals surface area (Å²) in [5.41, 5.74) is 0. The van der Waals surface area contributed by atoms with E-state index in [0.29, 0.717) is 30.8 Å². The molecule has 0 radical (unpaired) electrons. The Kier molecular flexibility index (Phi) is 6.36. The molecule has 7 heteroatoms. The molecule has 6 nitrogen and oxygen atoms in total. The van der Waals surface area contributed by atoms with E-state index in [9.17, 15) is 18.0 Å². The molecule has 0 N–H and O–H groups in total. The number of ether oxygens (including phenoxy) is 1. The van der Waals surface area contributed by atoms with Crippen molar-refractivity contribution in [3.8, 4) is 0 Å². The van der Waals surface area contributed by atoms with Gasteiger partial charge in [0.25, 0.3) is 0 Å². The second-order valence-corrected chi connectivity index (χ2v) is 8.03. The van der Waals surface area contributed by atoms with Gasteiger partial charge in [-0.3, -0.25) is 9.59 Å². The first-order valence-electron chi connectivity index (χ1n) is 8.05. The number of hydrogen-bond donors (Lipinski definition) is 0. The first-order valence-corrected chi connectivity index (χ1v) is 9.70. The molecular formula is C17H23NO5S. The first-order chi connectivity index (χ1) is 11.4. The summed E-state index contributed by atoms with van der Waals surface area (Å²) in [5.74, 6) is -0.307. The minimum Gasteiger partial charge on any atom is -0.469 e. The number of benzene rings is 1. The number of carbonyl (C=O) groups is 2. The van der Waals surface area contributed by atoms with Crippen LogP contribution in [0.2, 0.25) is 0 Å². The second kappa shape index (κ2) is 8.28. The Morgan fingerprint density at radius 3 is 2.33 bits per heavy atom. The Bertz CT molecular complexity index is 663. The van der Waals surface area contributed by atoms with Gasteiger partial charge in [-0.15, -0.1) is 0 Å². The van der Waals surface area contributed by atoms with E-state index in [1.807, 2.05) is 0 Å². The average Bonchev–Trinajstić information content (AvgIpc) is 2.60. The molecule has 0 aromatic heterocycles. The van der Waals surface area contributed by atoms with Crippen molar-refractivity contribution in [2.75, 3.05) is 26.0 Å². The van der Waals surface area contributed by atoms with Gasteiger partial charge in [0.15, 0.2) is 9.84 Å². The molecule has 1 aromatic rings. The zero-order valence-electron chi connectivity index (χ0n) is 13.8. The van der Waals surface area contributed by atoms with Crippen LogP contribution in [0, 0.1) is 5.92 Å². The van der Waals surface area contributed by atoms with Gasteiger partial charge in [0, 0.05) is 19.5 Å². The quantitative estimate of drug-likeness (QED) is 0.727. The molecule has 1 aliphatic rings. The molecule has 1 fully saturated rings. The Labute approximate surface area is 142 Å². The maximum atomic E-state index is 12.4. The monoisotopic (exact) mass is 353 g/mol. The molecule has 1 heterocycles. The lowest BCUT2D eigenvalue weighted by molar-refractivity contribution is -0.143. The minimum atomic E-state index is -3.29. The maximum Gasteiger partial charge on any atom is 0.306 e. The molecule has 24 heavy (non-hydrogen) atoms. The summed E-state index contributed by atoms with van der Waals surface area (Å²) in [6.45, 7) is 1.07. The molecule has 0 bridgehead atoms. The van der Waals surface area contributed by atoms with Crippen molar-refractivity contribution in [1.82, 2.24) is 4.90 Å². The van der Waals surface area contributed by atoms with Crippen LogP contribution in [-0.4, -0.2) is 51.1 Å². The normalized spacial score (nSPS) is 16.0. The van der Waals surface area contributed by atoms with Crippen molar-refractivity contribution in [3.05, 3.63) is 30.3 Å². The molecule has 0 atom stereocenters. The van der Waals surface area contributed by atoms with Crippen molar-refractivity contribution >= 4 is 21.7 Å². The Morgan fingerprint density at radius 2 is 1.75 bits per heavy atom. The Balaban J connectivity index is 1.82. The molecule has 0 saturated carbocycles. The SMILES string of the molecule is COC(=O)CCC(=O)N1CCC(CS(=O)(=O)c2ccccc2)CC1. The molecular weight excluding hydrogens is 330 g/mol. The van der Waals surface area contributed by atoms with Crippen LogP contribution in [0.3, 0.4) is 0 Å². The fourth-order valence-electron chi connectivity index (χ4n) is 2.85. The molecule has 1 amide bonds. The van der Waals surface area contributed by atoms with E-state index in [2.05, 4.69) is 4.74 Å². The van der Waals surface area contributed by atoms with Crippen LogP contribution in [0.25, 0.3) is 0 Å². The highest BCUT2D eigenvalue weighted by Gasteiger charge is 2.27. The zero-order valence-corrected chi connectivity index (χ0v) is 14.6. The van der Waals surface area contributed by atoms with Crippen LogP contribution >= 0.6 is 0 Å². The molecule has 0 unspecified atom stereocenters. The van der Waals surface area contributed by atoms with Gasteiger partial charge in [-0.1, -0.05) is 18.2 Å². The third-order valence-corrected chi connectivity index (χ3v) is 6.20. The fraction of sp³-hybridized carbons (Fsp3) is 0.529. The number of rotatable bonds is 6. The number of esters is 1. The smallest absolute Gasteiger partial charge is 0.306 e. The Morgan fingerprint density at radius 1 is 1.12 bits per heavy atom. The highest BCUT2D eigenvalue weighted by Crippen LogP contribution is 2.23. The molecule has 0 aliphatic carbocycles. The van der Waals surface area contributed by atoms with Crippen LogP contribution in [0.4, 0.5) is 0 Å². The van der Waals surface area contributed by atoms with Gasteiger partial charge in [-0.25, -0.2) is 8.42 Å². The minimum absolute atomic E-state index is 0.0554. The highest BCUT2D eigenvalue weighted by atomic mass is 32.2. The van der Waals surface area contributed by atoms with Crippen LogP contribution in [-0.2, 0) is 24.2 Å². The van der Waals surface area contributed by atoms with E-state index in [0.717, 1.165) is 0 Å². The second-order valence-electron chi connectivity index (χ2n) is 5.99. The standard InChI is InChI=1S/C17H23NO5S/c1-23-17(20)8-7-16(19)18-11-9-14(10-12-18)13-24(21,22)15-5-3-2-4-6-15/h2-6,14H,7-13H2,1H3. The summed E-state index contributed by atoms with van der Waals surface area (Å²) < 4.78 is 29.3. The Hall–Kier alpha value is -1.89. The number of likely N-dealkylation sites (tertiary alicyclic amines) is 1. The largest absolute Gasteiger partial charge is 0.469 e. The van der Waals surface area contributed by atoms with Gasteiger partial charge in [-0.05, 0) is 30.9 Å². The van der Waals surface area contributed by atoms with Gasteiger partial charge < -0.3 is 9.64 Å². The average molecular weight is 353 g/mol. The van der Waals surface area contributed by atoms with E-state index < -0.39 is 15.8 Å². The van der Waals surface area contributed by atoms with Crippen LogP contribution in [0.15, 0.2) is 35.2 Å². The summed E-state index contributed by atoms with van der Waals surface area (Å²) >= 11 is 0. The van der Waals surface area contributed by atoms with Gasteiger partial charge >= 0.3 is 5.97 Å². The lowest BCUT2D eigenvalue weighted by atomic mass is 9.98. The molecule has 0 spiro atoms. The fourth-order valence-corrected chi connectivity index (χ4v) is 4.57. The molecule has 1 saturated heterocycles. The summed E-state index contributed by atoms with van der Waals surface area (Å²) in [7, 11) is -1.99. The third-order valence-electron chi connectivity index (χ3n) is 4.30. The summed E-state index contributed by atoms with van der Waals surface area (Å²) in [6.07, 6.45) is 1.54. The maximum absolute atomic E-state index is 12.4.